The van der Waals surface area contributed by atoms with E-state index in [-0.39, 0.29) is 30.1 Å². The first-order valence-electron chi connectivity index (χ1n) is 10.5. The van der Waals surface area contributed by atoms with Gasteiger partial charge in [-0.2, -0.15) is 0 Å². The Morgan fingerprint density at radius 1 is 1.06 bits per heavy atom. The molecule has 0 radical (unpaired) electrons. The van der Waals surface area contributed by atoms with E-state index in [4.69, 9.17) is 23.4 Å². The molecule has 182 valence electrons. The second-order valence-electron chi connectivity index (χ2n) is 6.99. The van der Waals surface area contributed by atoms with Crippen LogP contribution in [0, 0.1) is 0 Å². The number of urea groups is 1. The highest BCUT2D eigenvalue weighted by atomic mass is 16.5. The van der Waals surface area contributed by atoms with Gasteiger partial charge in [0.05, 0.1) is 26.5 Å². The minimum Gasteiger partial charge on any atom is -0.497 e. The van der Waals surface area contributed by atoms with Gasteiger partial charge >= 0.3 is 6.03 Å². The maximum Gasteiger partial charge on any atom is 0.322 e. The molecular formula is C22H32N4O7. The molecule has 0 spiro atoms. The van der Waals surface area contributed by atoms with Crippen molar-refractivity contribution in [3.8, 4) is 11.5 Å². The molecule has 0 aliphatic carbocycles. The minimum atomic E-state index is -0.377. The van der Waals surface area contributed by atoms with Crippen LogP contribution in [0.5, 0.6) is 11.5 Å². The van der Waals surface area contributed by atoms with Gasteiger partial charge in [0.15, 0.2) is 5.69 Å². The third kappa shape index (κ3) is 8.28. The largest absolute Gasteiger partial charge is 0.497 e. The van der Waals surface area contributed by atoms with E-state index in [2.05, 4.69) is 15.6 Å². The molecule has 11 nitrogen and oxygen atoms in total. The Bertz CT molecular complexity index is 887. The molecular weight excluding hydrogens is 432 g/mol. The van der Waals surface area contributed by atoms with E-state index in [1.54, 1.807) is 39.5 Å². The number of benzene rings is 1. The fraction of sp³-hybridized carbons (Fsp3) is 0.500. The zero-order valence-corrected chi connectivity index (χ0v) is 19.5. The van der Waals surface area contributed by atoms with E-state index in [0.29, 0.717) is 56.3 Å². The zero-order valence-electron chi connectivity index (χ0n) is 19.5. The molecule has 1 aromatic carbocycles. The number of methoxy groups -OCH3 is 4. The van der Waals surface area contributed by atoms with Gasteiger partial charge in [0.2, 0.25) is 5.89 Å². The van der Waals surface area contributed by atoms with Gasteiger partial charge < -0.3 is 38.9 Å². The zero-order chi connectivity index (χ0) is 24.1. The van der Waals surface area contributed by atoms with E-state index in [1.165, 1.54) is 18.3 Å². The Labute approximate surface area is 193 Å². The maximum absolute atomic E-state index is 13.0. The van der Waals surface area contributed by atoms with Gasteiger partial charge in [-0.3, -0.25) is 4.79 Å². The Morgan fingerprint density at radius 2 is 1.82 bits per heavy atom. The minimum absolute atomic E-state index is 0.0744. The lowest BCUT2D eigenvalue weighted by Gasteiger charge is -2.22. The van der Waals surface area contributed by atoms with Crippen molar-refractivity contribution in [2.45, 2.75) is 19.4 Å². The van der Waals surface area contributed by atoms with Gasteiger partial charge in [-0.15, -0.1) is 0 Å². The van der Waals surface area contributed by atoms with E-state index < -0.39 is 0 Å². The highest BCUT2D eigenvalue weighted by molar-refractivity contribution is 5.92. The number of oxazole rings is 1. The number of hydrogen-bond donors (Lipinski definition) is 2. The molecule has 2 aromatic rings. The fourth-order valence-corrected chi connectivity index (χ4v) is 2.91. The van der Waals surface area contributed by atoms with Crippen molar-refractivity contribution in [3.63, 3.8) is 0 Å². The van der Waals surface area contributed by atoms with Crippen molar-refractivity contribution in [3.05, 3.63) is 36.0 Å². The van der Waals surface area contributed by atoms with Crippen molar-refractivity contribution >= 4 is 17.6 Å². The molecule has 0 atom stereocenters. The number of aromatic nitrogens is 1. The predicted molar refractivity (Wildman–Crippen MR) is 121 cm³/mol. The molecule has 0 saturated heterocycles. The molecule has 0 aliphatic rings. The number of amides is 3. The normalized spacial score (nSPS) is 10.5. The van der Waals surface area contributed by atoms with E-state index in [1.807, 2.05) is 0 Å². The molecule has 0 unspecified atom stereocenters. The van der Waals surface area contributed by atoms with Gasteiger partial charge in [0.1, 0.15) is 17.8 Å². The van der Waals surface area contributed by atoms with Gasteiger partial charge in [0, 0.05) is 46.6 Å². The van der Waals surface area contributed by atoms with Crippen LogP contribution < -0.4 is 20.1 Å². The van der Waals surface area contributed by atoms with E-state index in [0.717, 1.165) is 0 Å². The third-order valence-electron chi connectivity index (χ3n) is 4.64. The second kappa shape index (κ2) is 14.0. The molecule has 1 aromatic heterocycles. The van der Waals surface area contributed by atoms with Crippen molar-refractivity contribution in [2.24, 2.45) is 0 Å². The smallest absolute Gasteiger partial charge is 0.322 e. The average Bonchev–Trinajstić information content (AvgIpc) is 3.30. The third-order valence-corrected chi connectivity index (χ3v) is 4.64. The van der Waals surface area contributed by atoms with E-state index in [9.17, 15) is 9.59 Å². The Morgan fingerprint density at radius 3 is 2.52 bits per heavy atom. The number of nitrogens with zero attached hydrogens (tertiary/aromatic N) is 2. The lowest BCUT2D eigenvalue weighted by Crippen LogP contribution is -2.36. The van der Waals surface area contributed by atoms with Crippen molar-refractivity contribution in [1.29, 1.82) is 0 Å². The summed E-state index contributed by atoms with van der Waals surface area (Å²) in [6.45, 7) is 1.96. The summed E-state index contributed by atoms with van der Waals surface area (Å²) in [4.78, 5) is 31.0. The first kappa shape index (κ1) is 25.9. The summed E-state index contributed by atoms with van der Waals surface area (Å²) in [6.07, 6.45) is 2.57. The molecule has 0 saturated carbocycles. The van der Waals surface area contributed by atoms with Crippen LogP contribution in [0.15, 0.2) is 28.9 Å². The van der Waals surface area contributed by atoms with Crippen molar-refractivity contribution < 1.29 is 33.0 Å². The van der Waals surface area contributed by atoms with E-state index >= 15 is 0 Å². The lowest BCUT2D eigenvalue weighted by atomic mass is 10.2. The molecule has 11 heteroatoms. The van der Waals surface area contributed by atoms with Crippen LogP contribution in [0.1, 0.15) is 29.2 Å². The number of carbonyl (C=O) groups excluding carboxylic acids is 2. The predicted octanol–water partition coefficient (Wildman–Crippen LogP) is 2.53. The summed E-state index contributed by atoms with van der Waals surface area (Å²) in [5, 5.41) is 5.58. The fourth-order valence-electron chi connectivity index (χ4n) is 2.91. The van der Waals surface area contributed by atoms with Crippen LogP contribution in [-0.4, -0.2) is 76.6 Å². The molecule has 2 N–H and O–H groups in total. The summed E-state index contributed by atoms with van der Waals surface area (Å²) in [5.41, 5.74) is 0.639. The Kier molecular flexibility index (Phi) is 11.0. The molecule has 2 rings (SSSR count). The topological polar surface area (TPSA) is 124 Å². The van der Waals surface area contributed by atoms with Gasteiger partial charge in [0.25, 0.3) is 5.91 Å². The van der Waals surface area contributed by atoms with Crippen LogP contribution in [0.2, 0.25) is 0 Å². The standard InChI is InChI=1S/C22H32N4O7/c1-29-11-5-9-23-21(27)18-15-33-20(24-18)14-26(10-6-12-30-2)22(28)25-17-8-7-16(31-3)13-19(17)32-4/h7-8,13,15H,5-6,9-12,14H2,1-4H3,(H,23,27)(H,25,28). The van der Waals surface area contributed by atoms with Crippen LogP contribution in [-0.2, 0) is 16.0 Å². The van der Waals surface area contributed by atoms with Gasteiger partial charge in [-0.05, 0) is 25.0 Å². The summed E-state index contributed by atoms with van der Waals surface area (Å²) >= 11 is 0. The first-order valence-corrected chi connectivity index (χ1v) is 10.5. The number of anilines is 1. The van der Waals surface area contributed by atoms with Crippen molar-refractivity contribution in [1.82, 2.24) is 15.2 Å². The molecule has 0 bridgehead atoms. The highest BCUT2D eigenvalue weighted by Crippen LogP contribution is 2.29. The summed E-state index contributed by atoms with van der Waals surface area (Å²) in [5.74, 6) is 0.962. The summed E-state index contributed by atoms with van der Waals surface area (Å²) in [6, 6.07) is 4.72. The van der Waals surface area contributed by atoms with Crippen LogP contribution in [0.3, 0.4) is 0 Å². The number of carbonyl (C=O) groups is 2. The summed E-state index contributed by atoms with van der Waals surface area (Å²) < 4.78 is 26.0. The number of hydrogen-bond acceptors (Lipinski definition) is 8. The molecule has 0 fully saturated rings. The average molecular weight is 465 g/mol. The maximum atomic E-state index is 13.0. The van der Waals surface area contributed by atoms with Crippen molar-refractivity contribution in [2.75, 3.05) is 60.1 Å². The Hall–Kier alpha value is -3.31. The SMILES string of the molecule is COCCCNC(=O)c1coc(CN(CCCOC)C(=O)Nc2ccc(OC)cc2OC)n1. The molecule has 1 heterocycles. The molecule has 33 heavy (non-hydrogen) atoms. The second-order valence-corrected chi connectivity index (χ2v) is 6.99. The monoisotopic (exact) mass is 464 g/mol. The molecule has 0 aliphatic heterocycles. The van der Waals surface area contributed by atoms with Crippen LogP contribution in [0.4, 0.5) is 10.5 Å². The Balaban J connectivity index is 2.06. The summed E-state index contributed by atoms with van der Waals surface area (Å²) in [7, 11) is 6.26. The number of ether oxygens (including phenoxy) is 4. The molecule has 3 amide bonds. The highest BCUT2D eigenvalue weighted by Gasteiger charge is 2.20. The lowest BCUT2D eigenvalue weighted by molar-refractivity contribution is 0.0943. The van der Waals surface area contributed by atoms with Gasteiger partial charge in [-0.25, -0.2) is 9.78 Å². The van der Waals surface area contributed by atoms with Crippen LogP contribution >= 0.6 is 0 Å². The number of nitrogens with one attached hydrogen (secondary N) is 2. The first-order chi connectivity index (χ1) is 16.0. The number of rotatable bonds is 14. The van der Waals surface area contributed by atoms with Gasteiger partial charge in [-0.1, -0.05) is 0 Å². The quantitative estimate of drug-likeness (QED) is 0.409. The van der Waals surface area contributed by atoms with Crippen LogP contribution in [0.25, 0.3) is 0 Å².